The number of aromatic amines is 1. The average molecular weight is 469 g/mol. The number of hydrogen-bond acceptors (Lipinski definition) is 8. The normalized spacial score (nSPS) is 16.0. The third-order valence-electron chi connectivity index (χ3n) is 5.50. The molecule has 2 aromatic heterocycles. The number of anilines is 1. The number of carbonyl (C=O) groups is 1. The number of nitrogens with zero attached hydrogens (tertiary/aromatic N) is 8. The largest absolute Gasteiger partial charge is 0.433 e. The Hall–Kier alpha value is -4.16. The van der Waals surface area contributed by atoms with Gasteiger partial charge in [-0.1, -0.05) is 24.3 Å². The van der Waals surface area contributed by atoms with Crippen molar-refractivity contribution in [1.29, 1.82) is 0 Å². The zero-order valence-corrected chi connectivity index (χ0v) is 17.9. The summed E-state index contributed by atoms with van der Waals surface area (Å²) in [7, 11) is 0. The molecule has 1 N–H and O–H groups in total. The topological polar surface area (TPSA) is 116 Å². The number of fused-ring (bicyclic) bond motifs is 1. The highest BCUT2D eigenvalue weighted by atomic mass is 19.4. The monoisotopic (exact) mass is 469 g/mol. The molecule has 174 valence electrons. The van der Waals surface area contributed by atoms with Crippen LogP contribution in [0, 0.1) is 6.92 Å². The molecule has 10 nitrogen and oxygen atoms in total. The lowest BCUT2D eigenvalue weighted by atomic mass is 10.0. The molecule has 0 spiro atoms. The number of aromatic nitrogens is 6. The number of benzene rings is 1. The molecule has 2 aliphatic heterocycles. The van der Waals surface area contributed by atoms with Crippen LogP contribution < -0.4 is 4.90 Å². The smallest absolute Gasteiger partial charge is 0.341 e. The lowest BCUT2D eigenvalue weighted by molar-refractivity contribution is -0.142. The Balaban J connectivity index is 1.39. The minimum atomic E-state index is -4.62. The summed E-state index contributed by atoms with van der Waals surface area (Å²) in [5.74, 6) is 0.0876. The molecule has 2 aliphatic rings. The van der Waals surface area contributed by atoms with Crippen molar-refractivity contribution in [3.8, 4) is 11.4 Å². The van der Waals surface area contributed by atoms with Crippen LogP contribution >= 0.6 is 0 Å². The SMILES string of the molecule is Cc1nc2c(c(C(F)(F)F)n1)CCC(=O)N2CN1C=NC(c2ccccc2-c2nn[nH]n2)=CC1. The molecule has 0 unspecified atom stereocenters. The van der Waals surface area contributed by atoms with Gasteiger partial charge in [-0.15, -0.1) is 10.2 Å². The Morgan fingerprint density at radius 3 is 2.59 bits per heavy atom. The number of H-pyrrole nitrogens is 1. The summed E-state index contributed by atoms with van der Waals surface area (Å²) >= 11 is 0. The van der Waals surface area contributed by atoms with Crippen molar-refractivity contribution in [2.45, 2.75) is 25.9 Å². The molecule has 34 heavy (non-hydrogen) atoms. The third kappa shape index (κ3) is 4.00. The molecule has 0 saturated carbocycles. The highest BCUT2D eigenvalue weighted by Gasteiger charge is 2.40. The average Bonchev–Trinajstić information content (AvgIpc) is 3.35. The van der Waals surface area contributed by atoms with E-state index < -0.39 is 11.9 Å². The van der Waals surface area contributed by atoms with E-state index >= 15 is 0 Å². The molecule has 0 atom stereocenters. The van der Waals surface area contributed by atoms with Crippen molar-refractivity contribution in [1.82, 2.24) is 35.5 Å². The molecule has 5 rings (SSSR count). The fourth-order valence-corrected chi connectivity index (χ4v) is 3.98. The Labute approximate surface area is 191 Å². The number of carbonyl (C=O) groups excluding carboxylic acids is 1. The highest BCUT2D eigenvalue weighted by molar-refractivity contribution is 5.95. The first-order valence-corrected chi connectivity index (χ1v) is 10.4. The Morgan fingerprint density at radius 2 is 1.91 bits per heavy atom. The zero-order valence-electron chi connectivity index (χ0n) is 17.9. The molecule has 4 heterocycles. The zero-order chi connectivity index (χ0) is 23.9. The summed E-state index contributed by atoms with van der Waals surface area (Å²) in [6, 6.07) is 7.46. The highest BCUT2D eigenvalue weighted by Crippen LogP contribution is 2.37. The number of halogens is 3. The number of amides is 1. The summed E-state index contributed by atoms with van der Waals surface area (Å²) in [4.78, 5) is 27.9. The molecule has 0 fully saturated rings. The van der Waals surface area contributed by atoms with Crippen LogP contribution in [0.15, 0.2) is 35.3 Å². The maximum Gasteiger partial charge on any atom is 0.433 e. The van der Waals surface area contributed by atoms with E-state index in [9.17, 15) is 18.0 Å². The van der Waals surface area contributed by atoms with Gasteiger partial charge in [0.25, 0.3) is 0 Å². The molecular formula is C21H18F3N9O. The fourth-order valence-electron chi connectivity index (χ4n) is 3.98. The van der Waals surface area contributed by atoms with E-state index in [0.29, 0.717) is 18.1 Å². The lowest BCUT2D eigenvalue weighted by Crippen LogP contribution is -2.45. The summed E-state index contributed by atoms with van der Waals surface area (Å²) in [5, 5.41) is 14.1. The first-order valence-electron chi connectivity index (χ1n) is 10.4. The van der Waals surface area contributed by atoms with Gasteiger partial charge in [0.15, 0.2) is 5.69 Å². The number of rotatable bonds is 4. The van der Waals surface area contributed by atoms with Crippen LogP contribution in [0.4, 0.5) is 19.0 Å². The lowest BCUT2D eigenvalue weighted by Gasteiger charge is -2.34. The summed E-state index contributed by atoms with van der Waals surface area (Å²) < 4.78 is 40.6. The molecule has 0 radical (unpaired) electrons. The van der Waals surface area contributed by atoms with Crippen molar-refractivity contribution in [2.24, 2.45) is 4.99 Å². The second-order valence-electron chi connectivity index (χ2n) is 7.77. The van der Waals surface area contributed by atoms with Gasteiger partial charge in [0.1, 0.15) is 18.3 Å². The first kappa shape index (κ1) is 21.7. The molecule has 0 aliphatic carbocycles. The Kier molecular flexibility index (Phi) is 5.30. The number of aliphatic imine (C=N–C) groups is 1. The predicted octanol–water partition coefficient (Wildman–Crippen LogP) is 2.61. The van der Waals surface area contributed by atoms with Crippen molar-refractivity contribution in [2.75, 3.05) is 18.1 Å². The van der Waals surface area contributed by atoms with Crippen molar-refractivity contribution in [3.63, 3.8) is 0 Å². The van der Waals surface area contributed by atoms with Crippen LogP contribution in [-0.2, 0) is 17.4 Å². The maximum absolute atomic E-state index is 13.5. The van der Waals surface area contributed by atoms with Gasteiger partial charge in [0.05, 0.1) is 12.0 Å². The van der Waals surface area contributed by atoms with E-state index in [1.165, 1.54) is 11.8 Å². The van der Waals surface area contributed by atoms with E-state index in [1.54, 1.807) is 11.2 Å². The van der Waals surface area contributed by atoms with Crippen molar-refractivity contribution >= 4 is 23.8 Å². The van der Waals surface area contributed by atoms with Crippen LogP contribution in [0.2, 0.25) is 0 Å². The second kappa shape index (κ2) is 8.32. The minimum absolute atomic E-state index is 0.00158. The second-order valence-corrected chi connectivity index (χ2v) is 7.77. The molecular weight excluding hydrogens is 451 g/mol. The number of tetrazole rings is 1. The van der Waals surface area contributed by atoms with Gasteiger partial charge in [-0.3, -0.25) is 9.69 Å². The van der Waals surface area contributed by atoms with Gasteiger partial charge in [-0.2, -0.15) is 18.4 Å². The van der Waals surface area contributed by atoms with E-state index in [0.717, 1.165) is 11.1 Å². The quantitative estimate of drug-likeness (QED) is 0.624. The molecule has 13 heteroatoms. The van der Waals surface area contributed by atoms with Gasteiger partial charge in [0.2, 0.25) is 11.7 Å². The van der Waals surface area contributed by atoms with Crippen LogP contribution in [0.25, 0.3) is 17.1 Å². The van der Waals surface area contributed by atoms with Gasteiger partial charge >= 0.3 is 6.18 Å². The fraction of sp³-hybridized carbons (Fsp3) is 0.286. The minimum Gasteiger partial charge on any atom is -0.341 e. The van der Waals surface area contributed by atoms with Gasteiger partial charge in [-0.25, -0.2) is 15.0 Å². The molecule has 1 amide bonds. The van der Waals surface area contributed by atoms with Crippen molar-refractivity contribution < 1.29 is 18.0 Å². The van der Waals surface area contributed by atoms with Gasteiger partial charge in [0, 0.05) is 29.7 Å². The summed E-state index contributed by atoms with van der Waals surface area (Å²) in [5.41, 5.74) is 1.19. The Morgan fingerprint density at radius 1 is 1.12 bits per heavy atom. The summed E-state index contributed by atoms with van der Waals surface area (Å²) in [6.07, 6.45) is -1.30. The van der Waals surface area contributed by atoms with Gasteiger partial charge < -0.3 is 4.90 Å². The number of aryl methyl sites for hydroxylation is 1. The van der Waals surface area contributed by atoms with Crippen LogP contribution in [0.3, 0.4) is 0 Å². The van der Waals surface area contributed by atoms with Crippen LogP contribution in [0.1, 0.15) is 29.1 Å². The van der Waals surface area contributed by atoms with Gasteiger partial charge in [-0.05, 0) is 24.6 Å². The van der Waals surface area contributed by atoms with E-state index in [4.69, 9.17) is 0 Å². The summed E-state index contributed by atoms with van der Waals surface area (Å²) in [6.45, 7) is 1.78. The van der Waals surface area contributed by atoms with E-state index in [1.807, 2.05) is 30.3 Å². The van der Waals surface area contributed by atoms with Crippen molar-refractivity contribution in [3.05, 3.63) is 53.0 Å². The van der Waals surface area contributed by atoms with Crippen LogP contribution in [0.5, 0.6) is 0 Å². The number of alkyl halides is 3. The maximum atomic E-state index is 13.5. The third-order valence-corrected chi connectivity index (χ3v) is 5.50. The standard InChI is InChI=1S/C21H18F3N9O/c1-12-26-18(21(22,23)24)15-6-7-17(34)33(20(15)27-12)11-32-9-8-16(25-10-32)13-4-2-3-5-14(13)19-28-30-31-29-19/h2-5,8,10H,6-7,9,11H2,1H3,(H,28,29,30,31). The molecule has 0 saturated heterocycles. The number of hydrogen-bond donors (Lipinski definition) is 1. The molecule has 3 aromatic rings. The predicted molar refractivity (Wildman–Crippen MR) is 115 cm³/mol. The van der Waals surface area contributed by atoms with Crippen LogP contribution in [-0.4, -0.2) is 61.0 Å². The number of nitrogens with one attached hydrogen (secondary N) is 1. The Bertz CT molecular complexity index is 1300. The molecule has 1 aromatic carbocycles. The van der Waals surface area contributed by atoms with E-state index in [2.05, 4.69) is 35.6 Å². The molecule has 0 bridgehead atoms. The first-order chi connectivity index (χ1) is 16.3. The van der Waals surface area contributed by atoms with E-state index in [-0.39, 0.29) is 42.6 Å².